The molecule has 0 atom stereocenters. The van der Waals surface area contributed by atoms with Crippen LogP contribution in [-0.4, -0.2) is 22.6 Å². The third kappa shape index (κ3) is 3.67. The van der Waals surface area contributed by atoms with Crippen LogP contribution < -0.4 is 11.2 Å². The van der Waals surface area contributed by atoms with E-state index in [1.807, 2.05) is 0 Å². The van der Waals surface area contributed by atoms with Crippen molar-refractivity contribution in [2.24, 2.45) is 10.8 Å². The molecule has 0 aliphatic rings. The number of carboxylic acid groups (broad SMARTS) is 1. The Hall–Kier alpha value is -2.11. The number of nitriles is 1. The van der Waals surface area contributed by atoms with E-state index in [1.54, 1.807) is 6.07 Å². The van der Waals surface area contributed by atoms with Crippen LogP contribution in [0.3, 0.4) is 0 Å². The molecule has 0 spiro atoms. The Balaban J connectivity index is 3.14. The van der Waals surface area contributed by atoms with Gasteiger partial charge in [-0.25, -0.2) is 4.79 Å². The van der Waals surface area contributed by atoms with Crippen molar-refractivity contribution in [2.45, 2.75) is 0 Å². The van der Waals surface area contributed by atoms with Gasteiger partial charge in [-0.15, -0.1) is 0 Å². The van der Waals surface area contributed by atoms with Gasteiger partial charge in [-0.2, -0.15) is 10.4 Å². The zero-order valence-electron chi connectivity index (χ0n) is 9.24. The van der Waals surface area contributed by atoms with Gasteiger partial charge in [-0.3, -0.25) is 10.8 Å². The van der Waals surface area contributed by atoms with Crippen molar-refractivity contribution in [1.29, 1.82) is 10.7 Å². The lowest BCUT2D eigenvalue weighted by Gasteiger charge is -2.08. The Morgan fingerprint density at radius 3 is 2.68 bits per heavy atom. The maximum atomic E-state index is 10.8. The molecule has 0 aliphatic carbocycles. The van der Waals surface area contributed by atoms with Gasteiger partial charge >= 0.3 is 5.97 Å². The standard InChI is InChI=1S/C10H7BrClN5O2/c11-5-1-4(10(18)19)2-6(12)8(5)17-16-7(3-13)9(14)15/h1-2,17H,(H3,14,15)(H,18,19)/b16-7+. The molecule has 1 rings (SSSR count). The fourth-order valence-corrected chi connectivity index (χ4v) is 1.99. The SMILES string of the molecule is N#C/C(=N\Nc1c(Cl)cc(C(=O)O)cc1Br)C(=N)N. The van der Waals surface area contributed by atoms with Gasteiger partial charge < -0.3 is 10.8 Å². The molecule has 19 heavy (non-hydrogen) atoms. The predicted molar refractivity (Wildman–Crippen MR) is 74.7 cm³/mol. The highest BCUT2D eigenvalue weighted by atomic mass is 79.9. The molecule has 0 fully saturated rings. The topological polar surface area (TPSA) is 135 Å². The number of halogens is 2. The van der Waals surface area contributed by atoms with Crippen LogP contribution >= 0.6 is 27.5 Å². The molecule has 0 saturated heterocycles. The van der Waals surface area contributed by atoms with Crippen molar-refractivity contribution < 1.29 is 9.90 Å². The van der Waals surface area contributed by atoms with E-state index in [-0.39, 0.29) is 22.0 Å². The highest BCUT2D eigenvalue weighted by Crippen LogP contribution is 2.32. The van der Waals surface area contributed by atoms with Crippen LogP contribution in [0.1, 0.15) is 10.4 Å². The minimum absolute atomic E-state index is 0.00141. The molecule has 5 N–H and O–H groups in total. The van der Waals surface area contributed by atoms with Crippen molar-refractivity contribution in [3.8, 4) is 6.07 Å². The Morgan fingerprint density at radius 2 is 2.26 bits per heavy atom. The lowest BCUT2D eigenvalue weighted by Crippen LogP contribution is -2.22. The van der Waals surface area contributed by atoms with Gasteiger partial charge in [0.25, 0.3) is 0 Å². The van der Waals surface area contributed by atoms with Gasteiger partial charge in [0.2, 0.25) is 5.71 Å². The number of nitrogens with zero attached hydrogens (tertiary/aromatic N) is 2. The largest absolute Gasteiger partial charge is 0.478 e. The average molecular weight is 345 g/mol. The van der Waals surface area contributed by atoms with Crippen LogP contribution in [0.15, 0.2) is 21.7 Å². The first-order valence-corrected chi connectivity index (χ1v) is 5.84. The van der Waals surface area contributed by atoms with Gasteiger partial charge in [0.15, 0.2) is 5.84 Å². The first-order valence-electron chi connectivity index (χ1n) is 4.67. The minimum atomic E-state index is -1.13. The van der Waals surface area contributed by atoms with E-state index in [0.717, 1.165) is 0 Å². The number of nitrogens with one attached hydrogen (secondary N) is 2. The molecule has 1 aromatic rings. The van der Waals surface area contributed by atoms with Crippen molar-refractivity contribution in [3.05, 3.63) is 27.2 Å². The average Bonchev–Trinajstić information content (AvgIpc) is 2.31. The fourth-order valence-electron chi connectivity index (χ4n) is 1.06. The van der Waals surface area contributed by atoms with Crippen LogP contribution in [0.2, 0.25) is 5.02 Å². The van der Waals surface area contributed by atoms with Gasteiger partial charge in [0.1, 0.15) is 6.07 Å². The molecule has 9 heteroatoms. The number of hydrogen-bond donors (Lipinski definition) is 4. The molecule has 1 aromatic carbocycles. The first kappa shape index (κ1) is 14.9. The molecule has 0 unspecified atom stereocenters. The second-order valence-electron chi connectivity index (χ2n) is 3.22. The molecule has 0 aliphatic heterocycles. The molecule has 98 valence electrons. The quantitative estimate of drug-likeness (QED) is 0.376. The third-order valence-corrected chi connectivity index (χ3v) is 2.85. The number of aromatic carboxylic acids is 1. The molecule has 0 amide bonds. The normalized spacial score (nSPS) is 10.7. The van der Waals surface area contributed by atoms with E-state index in [4.69, 9.17) is 33.1 Å². The summed E-state index contributed by atoms with van der Waals surface area (Å²) in [6.07, 6.45) is 0. The van der Waals surface area contributed by atoms with Crippen molar-refractivity contribution >= 4 is 50.7 Å². The van der Waals surface area contributed by atoms with E-state index in [1.165, 1.54) is 12.1 Å². The minimum Gasteiger partial charge on any atom is -0.478 e. The predicted octanol–water partition coefficient (Wildman–Crippen LogP) is 2.03. The van der Waals surface area contributed by atoms with Gasteiger partial charge in [-0.05, 0) is 28.1 Å². The van der Waals surface area contributed by atoms with Crippen LogP contribution in [-0.2, 0) is 0 Å². The Morgan fingerprint density at radius 1 is 1.63 bits per heavy atom. The molecule has 0 heterocycles. The van der Waals surface area contributed by atoms with Crippen LogP contribution in [0.5, 0.6) is 0 Å². The summed E-state index contributed by atoms with van der Waals surface area (Å²) < 4.78 is 0.349. The number of hydrazone groups is 1. The lowest BCUT2D eigenvalue weighted by atomic mass is 10.2. The van der Waals surface area contributed by atoms with Crippen LogP contribution in [0.4, 0.5) is 5.69 Å². The molecule has 0 aromatic heterocycles. The Bertz CT molecular complexity index is 600. The number of nitrogens with two attached hydrogens (primary N) is 1. The smallest absolute Gasteiger partial charge is 0.335 e. The lowest BCUT2D eigenvalue weighted by molar-refractivity contribution is 0.0697. The fraction of sp³-hybridized carbons (Fsp3) is 0. The Labute approximate surface area is 121 Å². The summed E-state index contributed by atoms with van der Waals surface area (Å²) in [6.45, 7) is 0. The number of carbonyl (C=O) groups is 1. The van der Waals surface area contributed by atoms with Gasteiger partial charge in [-0.1, -0.05) is 11.6 Å². The number of amidine groups is 1. The monoisotopic (exact) mass is 343 g/mol. The first-order chi connectivity index (χ1) is 8.86. The maximum Gasteiger partial charge on any atom is 0.335 e. The highest BCUT2D eigenvalue weighted by molar-refractivity contribution is 9.10. The van der Waals surface area contributed by atoms with E-state index >= 15 is 0 Å². The highest BCUT2D eigenvalue weighted by Gasteiger charge is 2.12. The third-order valence-electron chi connectivity index (χ3n) is 1.93. The summed E-state index contributed by atoms with van der Waals surface area (Å²) in [4.78, 5) is 10.8. The summed E-state index contributed by atoms with van der Waals surface area (Å²) in [5.74, 6) is -1.62. The van der Waals surface area contributed by atoms with Crippen LogP contribution in [0.25, 0.3) is 0 Å². The van der Waals surface area contributed by atoms with E-state index in [0.29, 0.717) is 4.47 Å². The van der Waals surface area contributed by atoms with E-state index < -0.39 is 11.8 Å². The number of carboxylic acids is 1. The molecular weight excluding hydrogens is 338 g/mol. The second-order valence-corrected chi connectivity index (χ2v) is 4.48. The van der Waals surface area contributed by atoms with E-state index in [9.17, 15) is 4.79 Å². The second kappa shape index (κ2) is 6.17. The summed E-state index contributed by atoms with van der Waals surface area (Å²) in [5.41, 5.74) is 7.52. The van der Waals surface area contributed by atoms with Crippen molar-refractivity contribution in [1.82, 2.24) is 0 Å². The zero-order valence-corrected chi connectivity index (χ0v) is 11.6. The number of benzene rings is 1. The summed E-state index contributed by atoms with van der Waals surface area (Å²) >= 11 is 9.02. The number of anilines is 1. The van der Waals surface area contributed by atoms with Gasteiger partial charge in [0.05, 0.1) is 16.3 Å². The molecule has 0 saturated carbocycles. The van der Waals surface area contributed by atoms with E-state index in [2.05, 4.69) is 26.5 Å². The Kier molecular flexibility index (Phi) is 4.86. The van der Waals surface area contributed by atoms with Gasteiger partial charge in [0, 0.05) is 4.47 Å². The molecule has 0 radical (unpaired) electrons. The zero-order chi connectivity index (χ0) is 14.6. The summed E-state index contributed by atoms with van der Waals surface area (Å²) in [7, 11) is 0. The molecule has 0 bridgehead atoms. The number of rotatable bonds is 4. The number of hydrogen-bond acceptors (Lipinski definition) is 5. The van der Waals surface area contributed by atoms with Crippen LogP contribution in [0, 0.1) is 16.7 Å². The maximum absolute atomic E-state index is 10.8. The summed E-state index contributed by atoms with van der Waals surface area (Å²) in [5, 5.41) is 28.3. The summed E-state index contributed by atoms with van der Waals surface area (Å²) in [6, 6.07) is 4.18. The van der Waals surface area contributed by atoms with Crippen molar-refractivity contribution in [2.75, 3.05) is 5.43 Å². The molecular formula is C10H7BrClN5O2. The van der Waals surface area contributed by atoms with Crippen molar-refractivity contribution in [3.63, 3.8) is 0 Å². The molecule has 7 nitrogen and oxygen atoms in total.